The van der Waals surface area contributed by atoms with E-state index in [0.717, 1.165) is 18.4 Å². The molecule has 1 unspecified atom stereocenters. The van der Waals surface area contributed by atoms with Crippen LogP contribution in [0, 0.1) is 29.4 Å². The van der Waals surface area contributed by atoms with Crippen LogP contribution in [0.1, 0.15) is 44.7 Å². The normalized spacial score (nSPS) is 12.0. The molecule has 0 heterocycles. The summed E-state index contributed by atoms with van der Waals surface area (Å²) in [4.78, 5) is 0. The zero-order valence-electron chi connectivity index (χ0n) is 14.4. The number of rotatable bonds is 5. The molecule has 0 aliphatic carbocycles. The van der Waals surface area contributed by atoms with Crippen molar-refractivity contribution < 1.29 is 8.78 Å². The van der Waals surface area contributed by atoms with Crippen molar-refractivity contribution in [2.75, 3.05) is 0 Å². The van der Waals surface area contributed by atoms with Gasteiger partial charge in [0, 0.05) is 5.56 Å². The highest BCUT2D eigenvalue weighted by atomic mass is 19.2. The van der Waals surface area contributed by atoms with Gasteiger partial charge in [0.2, 0.25) is 0 Å². The molecule has 0 saturated carbocycles. The van der Waals surface area contributed by atoms with E-state index < -0.39 is 11.6 Å². The van der Waals surface area contributed by atoms with Gasteiger partial charge < -0.3 is 0 Å². The van der Waals surface area contributed by atoms with Crippen molar-refractivity contribution in [3.8, 4) is 23.0 Å². The molecule has 0 saturated heterocycles. The van der Waals surface area contributed by atoms with Crippen molar-refractivity contribution in [1.29, 1.82) is 0 Å². The third-order valence-electron chi connectivity index (χ3n) is 3.92. The van der Waals surface area contributed by atoms with Gasteiger partial charge in [-0.05, 0) is 42.5 Å². The van der Waals surface area contributed by atoms with Crippen LogP contribution in [0.25, 0.3) is 17.2 Å². The van der Waals surface area contributed by atoms with Gasteiger partial charge in [0.15, 0.2) is 11.6 Å². The first kappa shape index (κ1) is 17.9. The van der Waals surface area contributed by atoms with Crippen molar-refractivity contribution in [3.05, 3.63) is 65.2 Å². The van der Waals surface area contributed by atoms with E-state index in [1.165, 1.54) is 6.07 Å². The number of hydrogen-bond acceptors (Lipinski definition) is 0. The summed E-state index contributed by atoms with van der Waals surface area (Å²) in [6.45, 7) is 5.95. The van der Waals surface area contributed by atoms with Crippen molar-refractivity contribution in [1.82, 2.24) is 0 Å². The first-order valence-corrected chi connectivity index (χ1v) is 8.26. The summed E-state index contributed by atoms with van der Waals surface area (Å²) in [6, 6.07) is 10.6. The van der Waals surface area contributed by atoms with Crippen LogP contribution >= 0.6 is 0 Å². The lowest BCUT2D eigenvalue weighted by molar-refractivity contribution is 0.509. The molecule has 124 valence electrons. The van der Waals surface area contributed by atoms with Crippen LogP contribution in [0.15, 0.2) is 42.5 Å². The van der Waals surface area contributed by atoms with Gasteiger partial charge in [-0.2, -0.15) is 0 Å². The number of halogens is 2. The van der Waals surface area contributed by atoms with Gasteiger partial charge >= 0.3 is 0 Å². The van der Waals surface area contributed by atoms with E-state index in [9.17, 15) is 8.78 Å². The minimum atomic E-state index is -0.890. The van der Waals surface area contributed by atoms with Crippen LogP contribution in [0.5, 0.6) is 0 Å². The molecule has 0 aliphatic heterocycles. The fraction of sp³-hybridized carbons (Fsp3) is 0.273. The lowest BCUT2D eigenvalue weighted by Crippen LogP contribution is -1.94. The summed E-state index contributed by atoms with van der Waals surface area (Å²) in [5, 5.41) is 0. The number of benzene rings is 2. The molecule has 0 N–H and O–H groups in total. The molecule has 0 aliphatic rings. The van der Waals surface area contributed by atoms with Gasteiger partial charge in [-0.1, -0.05) is 62.6 Å². The molecule has 0 aromatic heterocycles. The SMILES string of the molecule is CC#Cc1ccc(-c2ccc(C=CC(C)CCC)cc2)c(F)c1F. The molecule has 0 nitrogen and oxygen atoms in total. The Labute approximate surface area is 143 Å². The zero-order valence-corrected chi connectivity index (χ0v) is 14.4. The standard InChI is InChI=1S/C22H22F2/c1-4-6-16(3)8-9-17-10-12-18(13-11-17)20-15-14-19(7-5-2)21(23)22(20)24/h8-16H,4,6H2,1-3H3. The molecule has 2 rings (SSSR count). The molecule has 0 radical (unpaired) electrons. The van der Waals surface area contributed by atoms with Crippen LogP contribution in [0.3, 0.4) is 0 Å². The number of allylic oxidation sites excluding steroid dienone is 1. The summed E-state index contributed by atoms with van der Waals surface area (Å²) >= 11 is 0. The summed E-state index contributed by atoms with van der Waals surface area (Å²) in [5.74, 6) is 3.95. The lowest BCUT2D eigenvalue weighted by atomic mass is 10.00. The van der Waals surface area contributed by atoms with Crippen LogP contribution in [0.2, 0.25) is 0 Å². The molecule has 2 aromatic rings. The zero-order chi connectivity index (χ0) is 17.5. The van der Waals surface area contributed by atoms with E-state index in [1.807, 2.05) is 24.3 Å². The van der Waals surface area contributed by atoms with Crippen molar-refractivity contribution >= 4 is 6.08 Å². The second-order valence-electron chi connectivity index (χ2n) is 5.91. The monoisotopic (exact) mass is 324 g/mol. The van der Waals surface area contributed by atoms with Gasteiger partial charge in [0.1, 0.15) is 0 Å². The Morgan fingerprint density at radius 2 is 1.75 bits per heavy atom. The molecule has 0 spiro atoms. The predicted octanol–water partition coefficient (Wildman–Crippen LogP) is 6.45. The molecular formula is C22H22F2. The Morgan fingerprint density at radius 3 is 2.38 bits per heavy atom. The minimum Gasteiger partial charge on any atom is -0.203 e. The molecule has 1 atom stereocenters. The molecule has 2 heteroatoms. The maximum absolute atomic E-state index is 14.3. The van der Waals surface area contributed by atoms with Crippen molar-refractivity contribution in [3.63, 3.8) is 0 Å². The summed E-state index contributed by atoms with van der Waals surface area (Å²) < 4.78 is 28.3. The Balaban J connectivity index is 2.25. The summed E-state index contributed by atoms with van der Waals surface area (Å²) in [5.41, 5.74) is 2.05. The average Bonchev–Trinajstić information content (AvgIpc) is 2.58. The second kappa shape index (κ2) is 8.45. The van der Waals surface area contributed by atoms with Crippen LogP contribution < -0.4 is 0 Å². The molecule has 0 fully saturated rings. The van der Waals surface area contributed by atoms with Gasteiger partial charge in [0.25, 0.3) is 0 Å². The van der Waals surface area contributed by atoms with Gasteiger partial charge in [-0.25, -0.2) is 8.78 Å². The third-order valence-corrected chi connectivity index (χ3v) is 3.92. The Morgan fingerprint density at radius 1 is 1.04 bits per heavy atom. The molecular weight excluding hydrogens is 302 g/mol. The number of hydrogen-bond donors (Lipinski definition) is 0. The highest BCUT2D eigenvalue weighted by Crippen LogP contribution is 2.27. The van der Waals surface area contributed by atoms with E-state index in [2.05, 4.69) is 37.8 Å². The van der Waals surface area contributed by atoms with Crippen LogP contribution in [-0.4, -0.2) is 0 Å². The quantitative estimate of drug-likeness (QED) is 0.554. The van der Waals surface area contributed by atoms with Crippen LogP contribution in [-0.2, 0) is 0 Å². The van der Waals surface area contributed by atoms with Gasteiger partial charge in [-0.15, -0.1) is 5.92 Å². The third kappa shape index (κ3) is 4.32. The van der Waals surface area contributed by atoms with Gasteiger partial charge in [-0.3, -0.25) is 0 Å². The summed E-state index contributed by atoms with van der Waals surface area (Å²) in [7, 11) is 0. The van der Waals surface area contributed by atoms with Crippen molar-refractivity contribution in [2.24, 2.45) is 5.92 Å². The first-order valence-electron chi connectivity index (χ1n) is 8.26. The van der Waals surface area contributed by atoms with Crippen molar-refractivity contribution in [2.45, 2.75) is 33.6 Å². The van der Waals surface area contributed by atoms with E-state index in [0.29, 0.717) is 11.5 Å². The predicted molar refractivity (Wildman–Crippen MR) is 97.5 cm³/mol. The summed E-state index contributed by atoms with van der Waals surface area (Å²) in [6.07, 6.45) is 6.57. The molecule has 0 amide bonds. The van der Waals surface area contributed by atoms with E-state index in [1.54, 1.807) is 13.0 Å². The average molecular weight is 324 g/mol. The highest BCUT2D eigenvalue weighted by Gasteiger charge is 2.13. The molecule has 0 bridgehead atoms. The fourth-order valence-electron chi connectivity index (χ4n) is 2.60. The molecule has 24 heavy (non-hydrogen) atoms. The minimum absolute atomic E-state index is 0.0863. The van der Waals surface area contributed by atoms with E-state index in [4.69, 9.17) is 0 Å². The highest BCUT2D eigenvalue weighted by molar-refractivity contribution is 5.67. The topological polar surface area (TPSA) is 0 Å². The maximum Gasteiger partial charge on any atom is 0.175 e. The maximum atomic E-state index is 14.3. The Kier molecular flexibility index (Phi) is 6.32. The Hall–Kier alpha value is -2.40. The largest absolute Gasteiger partial charge is 0.203 e. The smallest absolute Gasteiger partial charge is 0.175 e. The van der Waals surface area contributed by atoms with E-state index >= 15 is 0 Å². The second-order valence-corrected chi connectivity index (χ2v) is 5.91. The first-order chi connectivity index (χ1) is 11.6. The van der Waals surface area contributed by atoms with Crippen LogP contribution in [0.4, 0.5) is 8.78 Å². The Bertz CT molecular complexity index is 774. The fourth-order valence-corrected chi connectivity index (χ4v) is 2.60. The van der Waals surface area contributed by atoms with E-state index in [-0.39, 0.29) is 11.1 Å². The van der Waals surface area contributed by atoms with Gasteiger partial charge in [0.05, 0.1) is 5.56 Å². The lowest BCUT2D eigenvalue weighted by Gasteiger charge is -2.07. The molecule has 2 aromatic carbocycles.